The van der Waals surface area contributed by atoms with Crippen LogP contribution in [0.2, 0.25) is 5.02 Å². The zero-order valence-corrected chi connectivity index (χ0v) is 9.11. The van der Waals surface area contributed by atoms with Crippen molar-refractivity contribution in [3.05, 3.63) is 28.3 Å². The van der Waals surface area contributed by atoms with Gasteiger partial charge in [0.05, 0.1) is 7.11 Å². The van der Waals surface area contributed by atoms with E-state index < -0.39 is 22.6 Å². The lowest BCUT2D eigenvalue weighted by Gasteiger charge is -2.15. The fourth-order valence-electron chi connectivity index (χ4n) is 1.27. The molecule has 0 radical (unpaired) electrons. The molecular formula is C10H11ClF2O2. The van der Waals surface area contributed by atoms with Crippen molar-refractivity contribution in [2.24, 2.45) is 0 Å². The first-order chi connectivity index (χ1) is 7.02. The number of aliphatic hydroxyl groups excluding tert-OH is 1. The van der Waals surface area contributed by atoms with Gasteiger partial charge < -0.3 is 9.84 Å². The number of rotatable bonds is 3. The normalized spacial score (nSPS) is 12.7. The molecule has 0 aliphatic heterocycles. The van der Waals surface area contributed by atoms with E-state index in [2.05, 4.69) is 0 Å². The Balaban J connectivity index is 3.38. The molecule has 1 N–H and O–H groups in total. The SMILES string of the molecule is COc1c(C(C)CO)cc(F)c(Cl)c1F. The van der Waals surface area contributed by atoms with Gasteiger partial charge in [0.1, 0.15) is 10.8 Å². The predicted molar refractivity (Wildman–Crippen MR) is 53.4 cm³/mol. The van der Waals surface area contributed by atoms with Crippen LogP contribution in [0.3, 0.4) is 0 Å². The highest BCUT2D eigenvalue weighted by Gasteiger charge is 2.20. The average Bonchev–Trinajstić information content (AvgIpc) is 2.24. The van der Waals surface area contributed by atoms with Gasteiger partial charge in [-0.25, -0.2) is 8.78 Å². The maximum Gasteiger partial charge on any atom is 0.186 e. The molecule has 0 spiro atoms. The third-order valence-electron chi connectivity index (χ3n) is 2.16. The highest BCUT2D eigenvalue weighted by atomic mass is 35.5. The van der Waals surface area contributed by atoms with Crippen LogP contribution in [-0.4, -0.2) is 18.8 Å². The van der Waals surface area contributed by atoms with Crippen LogP contribution in [0.15, 0.2) is 6.07 Å². The minimum Gasteiger partial charge on any atom is -0.493 e. The van der Waals surface area contributed by atoms with Crippen molar-refractivity contribution in [2.75, 3.05) is 13.7 Å². The summed E-state index contributed by atoms with van der Waals surface area (Å²) in [6, 6.07) is 1.07. The first-order valence-corrected chi connectivity index (χ1v) is 4.73. The summed E-state index contributed by atoms with van der Waals surface area (Å²) >= 11 is 5.39. The summed E-state index contributed by atoms with van der Waals surface area (Å²) in [6.07, 6.45) is 0. The first-order valence-electron chi connectivity index (χ1n) is 4.35. The maximum absolute atomic E-state index is 13.4. The Bertz CT molecular complexity index is 369. The molecule has 0 fully saturated rings. The van der Waals surface area contributed by atoms with Gasteiger partial charge in [-0.15, -0.1) is 0 Å². The van der Waals surface area contributed by atoms with E-state index in [1.54, 1.807) is 6.92 Å². The second-order valence-electron chi connectivity index (χ2n) is 3.19. The summed E-state index contributed by atoms with van der Waals surface area (Å²) in [5.41, 5.74) is 0.263. The van der Waals surface area contributed by atoms with E-state index in [-0.39, 0.29) is 17.9 Å². The molecule has 1 aromatic rings. The number of halogens is 3. The van der Waals surface area contributed by atoms with Gasteiger partial charge in [0, 0.05) is 18.1 Å². The molecule has 15 heavy (non-hydrogen) atoms. The molecule has 5 heteroatoms. The van der Waals surface area contributed by atoms with Crippen molar-refractivity contribution >= 4 is 11.6 Å². The van der Waals surface area contributed by atoms with E-state index in [4.69, 9.17) is 21.4 Å². The summed E-state index contributed by atoms with van der Waals surface area (Å²) in [6.45, 7) is 1.40. The molecule has 1 atom stereocenters. The Hall–Kier alpha value is -0.870. The first kappa shape index (κ1) is 12.2. The van der Waals surface area contributed by atoms with Crippen molar-refractivity contribution in [2.45, 2.75) is 12.8 Å². The molecule has 1 unspecified atom stereocenters. The minimum absolute atomic E-state index is 0.122. The standard InChI is InChI=1S/C10H11ClF2O2/c1-5(4-14)6-3-7(12)8(11)9(13)10(6)15-2/h3,5,14H,4H2,1-2H3. The third-order valence-corrected chi connectivity index (χ3v) is 2.50. The van der Waals surface area contributed by atoms with Gasteiger partial charge in [0.25, 0.3) is 0 Å². The number of aliphatic hydroxyl groups is 1. The molecule has 0 aliphatic rings. The Morgan fingerprint density at radius 1 is 1.53 bits per heavy atom. The predicted octanol–water partition coefficient (Wildman–Crippen LogP) is 2.72. The number of methoxy groups -OCH3 is 1. The number of benzene rings is 1. The largest absolute Gasteiger partial charge is 0.493 e. The molecule has 1 aromatic carbocycles. The van der Waals surface area contributed by atoms with Crippen LogP contribution in [0.4, 0.5) is 8.78 Å². The van der Waals surface area contributed by atoms with Crippen LogP contribution in [0.1, 0.15) is 18.4 Å². The van der Waals surface area contributed by atoms with Gasteiger partial charge in [-0.2, -0.15) is 0 Å². The van der Waals surface area contributed by atoms with Crippen LogP contribution < -0.4 is 4.74 Å². The van der Waals surface area contributed by atoms with E-state index in [9.17, 15) is 8.78 Å². The summed E-state index contributed by atoms with van der Waals surface area (Å²) in [5.74, 6) is -2.33. The van der Waals surface area contributed by atoms with Gasteiger partial charge in [-0.05, 0) is 6.07 Å². The van der Waals surface area contributed by atoms with Crippen molar-refractivity contribution in [1.29, 1.82) is 0 Å². The van der Waals surface area contributed by atoms with Gasteiger partial charge >= 0.3 is 0 Å². The zero-order chi connectivity index (χ0) is 11.6. The maximum atomic E-state index is 13.4. The molecule has 0 saturated heterocycles. The van der Waals surface area contributed by atoms with Crippen molar-refractivity contribution in [1.82, 2.24) is 0 Å². The fraction of sp³-hybridized carbons (Fsp3) is 0.400. The van der Waals surface area contributed by atoms with Gasteiger partial charge in [-0.1, -0.05) is 18.5 Å². The lowest BCUT2D eigenvalue weighted by atomic mass is 10.0. The van der Waals surface area contributed by atoms with Crippen molar-refractivity contribution < 1.29 is 18.6 Å². The quantitative estimate of drug-likeness (QED) is 0.818. The van der Waals surface area contributed by atoms with Gasteiger partial charge in [0.2, 0.25) is 0 Å². The second kappa shape index (κ2) is 4.77. The van der Waals surface area contributed by atoms with Crippen LogP contribution in [0.5, 0.6) is 5.75 Å². The monoisotopic (exact) mass is 236 g/mol. The molecule has 2 nitrogen and oxygen atoms in total. The van der Waals surface area contributed by atoms with E-state index >= 15 is 0 Å². The number of ether oxygens (including phenoxy) is 1. The zero-order valence-electron chi connectivity index (χ0n) is 8.35. The number of hydrogen-bond donors (Lipinski definition) is 1. The topological polar surface area (TPSA) is 29.5 Å². The molecule has 1 rings (SSSR count). The molecule has 0 saturated carbocycles. The Morgan fingerprint density at radius 3 is 2.60 bits per heavy atom. The molecule has 0 heterocycles. The van der Waals surface area contributed by atoms with Crippen molar-refractivity contribution in [3.8, 4) is 5.75 Å². The highest BCUT2D eigenvalue weighted by Crippen LogP contribution is 2.35. The third kappa shape index (κ3) is 2.21. The van der Waals surface area contributed by atoms with Gasteiger partial charge in [-0.3, -0.25) is 0 Å². The molecule has 0 amide bonds. The Morgan fingerprint density at radius 2 is 2.13 bits per heavy atom. The van der Waals surface area contributed by atoms with Crippen LogP contribution in [-0.2, 0) is 0 Å². The second-order valence-corrected chi connectivity index (χ2v) is 3.57. The smallest absolute Gasteiger partial charge is 0.186 e. The summed E-state index contributed by atoms with van der Waals surface area (Å²) < 4.78 is 31.4. The molecule has 0 aliphatic carbocycles. The van der Waals surface area contributed by atoms with E-state index in [1.165, 1.54) is 7.11 Å². The Kier molecular flexibility index (Phi) is 3.88. The summed E-state index contributed by atoms with van der Waals surface area (Å²) in [5, 5.41) is 8.33. The van der Waals surface area contributed by atoms with Crippen LogP contribution in [0.25, 0.3) is 0 Å². The Labute approximate surface area is 91.4 Å². The van der Waals surface area contributed by atoms with E-state index in [0.29, 0.717) is 0 Å². The van der Waals surface area contributed by atoms with Crippen LogP contribution >= 0.6 is 11.6 Å². The van der Waals surface area contributed by atoms with Gasteiger partial charge in [0.15, 0.2) is 11.6 Å². The van der Waals surface area contributed by atoms with E-state index in [1.807, 2.05) is 0 Å². The summed E-state index contributed by atoms with van der Waals surface area (Å²) in [4.78, 5) is 0. The molecule has 84 valence electrons. The fourth-order valence-corrected chi connectivity index (χ4v) is 1.41. The lowest BCUT2D eigenvalue weighted by molar-refractivity contribution is 0.268. The van der Waals surface area contributed by atoms with Crippen molar-refractivity contribution in [3.63, 3.8) is 0 Å². The van der Waals surface area contributed by atoms with E-state index in [0.717, 1.165) is 6.07 Å². The molecule has 0 bridgehead atoms. The minimum atomic E-state index is -0.936. The van der Waals surface area contributed by atoms with Crippen LogP contribution in [0, 0.1) is 11.6 Å². The average molecular weight is 237 g/mol. The molecule has 0 aromatic heterocycles. The number of hydrogen-bond acceptors (Lipinski definition) is 2. The summed E-state index contributed by atoms with van der Waals surface area (Å²) in [7, 11) is 1.26. The molecular weight excluding hydrogens is 226 g/mol. The highest BCUT2D eigenvalue weighted by molar-refractivity contribution is 6.31. The lowest BCUT2D eigenvalue weighted by Crippen LogP contribution is -2.05.